The highest BCUT2D eigenvalue weighted by Crippen LogP contribution is 2.16. The van der Waals surface area contributed by atoms with Crippen molar-refractivity contribution in [1.29, 1.82) is 0 Å². The molecule has 1 aromatic rings. The van der Waals surface area contributed by atoms with Crippen molar-refractivity contribution in [2.75, 3.05) is 33.7 Å². The molecule has 1 aromatic carbocycles. The smallest absolute Gasteiger partial charge is 0.243 e. The molecule has 2 N–H and O–H groups in total. The summed E-state index contributed by atoms with van der Waals surface area (Å²) in [6, 6.07) is 7.25. The second-order valence-corrected chi connectivity index (χ2v) is 6.08. The predicted molar refractivity (Wildman–Crippen MR) is 98.8 cm³/mol. The molecule has 0 saturated carbocycles. The van der Waals surface area contributed by atoms with E-state index < -0.39 is 0 Å². The Balaban J connectivity index is 2.51. The first-order chi connectivity index (χ1) is 11.4. The molecular formula is C17H27ClN4O2. The topological polar surface area (TPSA) is 66.0 Å². The Morgan fingerprint density at radius 2 is 1.96 bits per heavy atom. The summed E-state index contributed by atoms with van der Waals surface area (Å²) in [6.07, 6.45) is 0.906. The maximum Gasteiger partial charge on any atom is 0.243 e. The summed E-state index contributed by atoms with van der Waals surface area (Å²) in [5.41, 5.74) is 0. The van der Waals surface area contributed by atoms with Crippen LogP contribution in [0.15, 0.2) is 29.3 Å². The molecule has 134 valence electrons. The summed E-state index contributed by atoms with van der Waals surface area (Å²) in [4.78, 5) is 17.5. The quantitative estimate of drug-likeness (QED) is 0.554. The fourth-order valence-corrected chi connectivity index (χ4v) is 1.86. The molecule has 0 bridgehead atoms. The lowest BCUT2D eigenvalue weighted by molar-refractivity contribution is -0.127. The van der Waals surface area contributed by atoms with Gasteiger partial charge in [-0.2, -0.15) is 0 Å². The van der Waals surface area contributed by atoms with Crippen molar-refractivity contribution in [2.24, 2.45) is 4.99 Å². The van der Waals surface area contributed by atoms with E-state index in [1.165, 1.54) is 4.90 Å². The molecule has 0 aliphatic heterocycles. The van der Waals surface area contributed by atoms with E-state index >= 15 is 0 Å². The van der Waals surface area contributed by atoms with Gasteiger partial charge in [-0.25, -0.2) is 4.99 Å². The van der Waals surface area contributed by atoms with Crippen molar-refractivity contribution in [1.82, 2.24) is 15.5 Å². The second-order valence-electron chi connectivity index (χ2n) is 5.64. The number of guanidine groups is 1. The van der Waals surface area contributed by atoms with Crippen molar-refractivity contribution >= 4 is 23.5 Å². The number of rotatable bonds is 8. The van der Waals surface area contributed by atoms with Crippen molar-refractivity contribution in [3.8, 4) is 5.75 Å². The molecular weight excluding hydrogens is 328 g/mol. The third-order valence-electron chi connectivity index (χ3n) is 3.12. The largest absolute Gasteiger partial charge is 0.489 e. The van der Waals surface area contributed by atoms with Crippen LogP contribution in [0.1, 0.15) is 20.3 Å². The highest BCUT2D eigenvalue weighted by molar-refractivity contribution is 6.30. The minimum absolute atomic E-state index is 0.0435. The SMILES string of the molecule is CCCNC(=NCC(=O)N(C)C)NCC(C)Oc1ccc(Cl)cc1. The van der Waals surface area contributed by atoms with E-state index in [0.717, 1.165) is 18.7 Å². The summed E-state index contributed by atoms with van der Waals surface area (Å²) >= 11 is 5.86. The standard InChI is InChI=1S/C17H27ClN4O2/c1-5-10-19-17(21-12-16(23)22(3)4)20-11-13(2)24-15-8-6-14(18)7-9-15/h6-9,13H,5,10-12H2,1-4H3,(H2,19,20,21). The van der Waals surface area contributed by atoms with Gasteiger partial charge in [-0.05, 0) is 37.6 Å². The van der Waals surface area contributed by atoms with Crippen LogP contribution in [0.2, 0.25) is 5.02 Å². The number of benzene rings is 1. The van der Waals surface area contributed by atoms with Crippen molar-refractivity contribution < 1.29 is 9.53 Å². The minimum Gasteiger partial charge on any atom is -0.489 e. The molecule has 0 heterocycles. The van der Waals surface area contributed by atoms with Gasteiger partial charge in [-0.15, -0.1) is 0 Å². The monoisotopic (exact) mass is 354 g/mol. The molecule has 1 amide bonds. The number of nitrogens with zero attached hydrogens (tertiary/aromatic N) is 2. The average Bonchev–Trinajstić information content (AvgIpc) is 2.55. The van der Waals surface area contributed by atoms with Crippen LogP contribution < -0.4 is 15.4 Å². The Kier molecular flexibility index (Phi) is 9.01. The van der Waals surface area contributed by atoms with Gasteiger partial charge in [0, 0.05) is 25.7 Å². The first-order valence-corrected chi connectivity index (χ1v) is 8.44. The average molecular weight is 355 g/mol. The first-order valence-electron chi connectivity index (χ1n) is 8.07. The van der Waals surface area contributed by atoms with Crippen LogP contribution in [0, 0.1) is 0 Å². The normalized spacial score (nSPS) is 12.5. The summed E-state index contributed by atoms with van der Waals surface area (Å²) in [5, 5.41) is 7.06. The van der Waals surface area contributed by atoms with E-state index in [4.69, 9.17) is 16.3 Å². The number of halogens is 1. The molecule has 0 aromatic heterocycles. The summed E-state index contributed by atoms with van der Waals surface area (Å²) < 4.78 is 5.81. The first kappa shape index (κ1) is 20.1. The van der Waals surface area contributed by atoms with Crippen LogP contribution in [0.5, 0.6) is 5.75 Å². The second kappa shape index (κ2) is 10.8. The molecule has 0 spiro atoms. The van der Waals surface area contributed by atoms with Crippen LogP contribution in [0.25, 0.3) is 0 Å². The van der Waals surface area contributed by atoms with Crippen LogP contribution in [-0.2, 0) is 4.79 Å². The predicted octanol–water partition coefficient (Wildman–Crippen LogP) is 2.14. The zero-order chi connectivity index (χ0) is 17.9. The Labute approximate surface area is 149 Å². The molecule has 1 rings (SSSR count). The number of hydrogen-bond donors (Lipinski definition) is 2. The van der Waals surface area contributed by atoms with E-state index in [2.05, 4.69) is 22.5 Å². The lowest BCUT2D eigenvalue weighted by atomic mass is 10.3. The molecule has 0 fully saturated rings. The number of carbonyl (C=O) groups excluding carboxylic acids is 1. The highest BCUT2D eigenvalue weighted by Gasteiger charge is 2.07. The zero-order valence-electron chi connectivity index (χ0n) is 14.8. The Hall–Kier alpha value is -1.95. The number of carbonyl (C=O) groups is 1. The number of aliphatic imine (C=N–C) groups is 1. The Morgan fingerprint density at radius 1 is 1.29 bits per heavy atom. The number of ether oxygens (including phenoxy) is 1. The van der Waals surface area contributed by atoms with E-state index in [9.17, 15) is 4.79 Å². The van der Waals surface area contributed by atoms with Crippen molar-refractivity contribution in [2.45, 2.75) is 26.4 Å². The van der Waals surface area contributed by atoms with E-state index in [1.807, 2.05) is 19.1 Å². The minimum atomic E-state index is -0.0654. The van der Waals surface area contributed by atoms with Crippen molar-refractivity contribution in [3.63, 3.8) is 0 Å². The van der Waals surface area contributed by atoms with Gasteiger partial charge in [0.15, 0.2) is 5.96 Å². The van der Waals surface area contributed by atoms with Crippen LogP contribution >= 0.6 is 11.6 Å². The molecule has 0 radical (unpaired) electrons. The molecule has 7 heteroatoms. The summed E-state index contributed by atoms with van der Waals surface area (Å²) in [5.74, 6) is 1.33. The summed E-state index contributed by atoms with van der Waals surface area (Å²) in [7, 11) is 3.43. The van der Waals surface area contributed by atoms with Gasteiger partial charge in [0.05, 0.1) is 6.54 Å². The van der Waals surface area contributed by atoms with E-state index in [-0.39, 0.29) is 18.6 Å². The van der Waals surface area contributed by atoms with Crippen molar-refractivity contribution in [3.05, 3.63) is 29.3 Å². The van der Waals surface area contributed by atoms with Gasteiger partial charge in [-0.1, -0.05) is 18.5 Å². The number of nitrogens with one attached hydrogen (secondary N) is 2. The molecule has 0 saturated heterocycles. The van der Waals surface area contributed by atoms with Gasteiger partial charge < -0.3 is 20.3 Å². The van der Waals surface area contributed by atoms with E-state index in [1.54, 1.807) is 26.2 Å². The highest BCUT2D eigenvalue weighted by atomic mass is 35.5. The Morgan fingerprint density at radius 3 is 2.54 bits per heavy atom. The zero-order valence-corrected chi connectivity index (χ0v) is 15.6. The summed E-state index contributed by atoms with van der Waals surface area (Å²) in [6.45, 7) is 5.49. The fraction of sp³-hybridized carbons (Fsp3) is 0.529. The van der Waals surface area contributed by atoms with Gasteiger partial charge in [0.1, 0.15) is 18.4 Å². The molecule has 1 unspecified atom stereocenters. The number of hydrogen-bond acceptors (Lipinski definition) is 3. The van der Waals surface area contributed by atoms with Crippen LogP contribution in [-0.4, -0.2) is 56.6 Å². The maximum atomic E-state index is 11.7. The Bertz CT molecular complexity index is 532. The fourth-order valence-electron chi connectivity index (χ4n) is 1.73. The van der Waals surface area contributed by atoms with Gasteiger partial charge in [-0.3, -0.25) is 4.79 Å². The molecule has 1 atom stereocenters. The molecule has 6 nitrogen and oxygen atoms in total. The maximum absolute atomic E-state index is 11.7. The van der Waals surface area contributed by atoms with Gasteiger partial charge >= 0.3 is 0 Å². The molecule has 24 heavy (non-hydrogen) atoms. The molecule has 0 aliphatic rings. The number of amides is 1. The van der Waals surface area contributed by atoms with Gasteiger partial charge in [0.25, 0.3) is 0 Å². The third-order valence-corrected chi connectivity index (χ3v) is 3.37. The van der Waals surface area contributed by atoms with Crippen LogP contribution in [0.4, 0.5) is 0 Å². The molecule has 0 aliphatic carbocycles. The lowest BCUT2D eigenvalue weighted by Crippen LogP contribution is -2.42. The van der Waals surface area contributed by atoms with Gasteiger partial charge in [0.2, 0.25) is 5.91 Å². The lowest BCUT2D eigenvalue weighted by Gasteiger charge is -2.18. The van der Waals surface area contributed by atoms with E-state index in [0.29, 0.717) is 17.5 Å². The number of likely N-dealkylation sites (N-methyl/N-ethyl adjacent to an activating group) is 1. The third kappa shape index (κ3) is 8.06. The van der Waals surface area contributed by atoms with Crippen LogP contribution in [0.3, 0.4) is 0 Å².